The number of piperidine rings is 2. The average molecular weight is 1030 g/mol. The number of carbonyl (C=O) groups is 7. The van der Waals surface area contributed by atoms with Gasteiger partial charge in [0.25, 0.3) is 11.8 Å². The van der Waals surface area contributed by atoms with Crippen molar-refractivity contribution in [2.75, 3.05) is 57.3 Å². The van der Waals surface area contributed by atoms with E-state index < -0.39 is 97.1 Å². The van der Waals surface area contributed by atoms with E-state index in [1.165, 1.54) is 16.8 Å². The van der Waals surface area contributed by atoms with Crippen LogP contribution in [0.15, 0.2) is 73.1 Å². The van der Waals surface area contributed by atoms with Gasteiger partial charge in [-0.25, -0.2) is 13.6 Å². The highest BCUT2D eigenvalue weighted by Gasteiger charge is 2.58. The predicted octanol–water partition coefficient (Wildman–Crippen LogP) is 4.08. The van der Waals surface area contributed by atoms with Crippen molar-refractivity contribution in [3.63, 3.8) is 0 Å². The van der Waals surface area contributed by atoms with Crippen molar-refractivity contribution in [2.24, 2.45) is 5.92 Å². The number of piperazine rings is 1. The quantitative estimate of drug-likeness (QED) is 0.137. The third-order valence-corrected chi connectivity index (χ3v) is 15.4. The lowest BCUT2D eigenvalue weighted by molar-refractivity contribution is -0.188. The van der Waals surface area contributed by atoms with Crippen LogP contribution in [0, 0.1) is 11.7 Å². The molecule has 5 aliphatic heterocycles. The Morgan fingerprint density at radius 3 is 2.30 bits per heavy atom. The highest BCUT2D eigenvalue weighted by Crippen LogP contribution is 2.51. The van der Waals surface area contributed by atoms with E-state index in [0.29, 0.717) is 53.0 Å². The molecule has 74 heavy (non-hydrogen) atoms. The van der Waals surface area contributed by atoms with Gasteiger partial charge in [-0.2, -0.15) is 18.3 Å². The molecule has 10 rings (SSSR count). The Labute approximate surface area is 421 Å². The number of nitrogens with zero attached hydrogens (tertiary/aromatic N) is 8. The minimum atomic E-state index is -4.85. The van der Waals surface area contributed by atoms with Crippen molar-refractivity contribution in [1.82, 2.24) is 44.9 Å². The van der Waals surface area contributed by atoms with Gasteiger partial charge in [-0.3, -0.25) is 53.5 Å². The summed E-state index contributed by atoms with van der Waals surface area (Å²) >= 11 is 0. The van der Waals surface area contributed by atoms with Gasteiger partial charge in [0, 0.05) is 82.6 Å². The summed E-state index contributed by atoms with van der Waals surface area (Å²) < 4.78 is 72.8. The molecule has 4 aromatic rings. The number of rotatable bonds is 12. The van der Waals surface area contributed by atoms with E-state index >= 15 is 4.39 Å². The van der Waals surface area contributed by atoms with Gasteiger partial charge < -0.3 is 25.1 Å². The average Bonchev–Trinajstić information content (AvgIpc) is 4.09. The fourth-order valence-corrected chi connectivity index (χ4v) is 11.2. The Kier molecular flexibility index (Phi) is 13.3. The molecule has 3 N–H and O–H groups in total. The van der Waals surface area contributed by atoms with Crippen LogP contribution in [-0.2, 0) is 37.8 Å². The normalized spacial score (nSPS) is 23.9. The van der Waals surface area contributed by atoms with Crippen LogP contribution in [0.25, 0.3) is 11.1 Å². The zero-order chi connectivity index (χ0) is 52.4. The van der Waals surface area contributed by atoms with Gasteiger partial charge in [-0.15, -0.1) is 0 Å². The number of nitrogens with one attached hydrogen (secondary N) is 2. The number of benzene rings is 3. The van der Waals surface area contributed by atoms with Crippen LogP contribution in [0.1, 0.15) is 82.6 Å². The van der Waals surface area contributed by atoms with Crippen LogP contribution in [0.2, 0.25) is 0 Å². The Morgan fingerprint density at radius 2 is 1.59 bits per heavy atom. The summed E-state index contributed by atoms with van der Waals surface area (Å²) in [5.74, 6) is -3.66. The Bertz CT molecular complexity index is 2920. The molecule has 0 bridgehead atoms. The lowest BCUT2D eigenvalue weighted by Crippen LogP contribution is -2.54. The molecule has 390 valence electrons. The van der Waals surface area contributed by atoms with Crippen LogP contribution >= 0.6 is 0 Å². The summed E-state index contributed by atoms with van der Waals surface area (Å²) in [6.45, 7) is 4.22. The standard InChI is InChI=1S/C51H53F5N10O8/c1-29(51(54,55)56)64(25-30-2-5-34(52)6-3-30)44(69)28-65-48(73)50(59-49(65)74)22-40(53)38-20-32(4-9-39(38)50)33-23-57-63(26-33)27-43(68)62-14-12-31(13-15-62)24-60-16-18-61(19-17-60)35-7-8-36-37(21-35)47(72)66(46(36)71)41-10-11-42(67)58-45(41)70/h2-9,20-21,23,26,29,31,40-41,48,73H,10-19,22,24-25,27-28H2,1H3,(H,59,74)(H,58,67,70)/t29-,40+,41?,48?,50-/m0/s1. The van der Waals surface area contributed by atoms with Crippen molar-refractivity contribution < 1.29 is 60.6 Å². The Hall–Kier alpha value is -7.27. The summed E-state index contributed by atoms with van der Waals surface area (Å²) in [6.07, 6.45) is -3.79. The third-order valence-electron chi connectivity index (χ3n) is 15.4. The zero-order valence-electron chi connectivity index (χ0n) is 40.2. The molecule has 3 aromatic carbocycles. The topological polar surface area (TPSA) is 201 Å². The largest absolute Gasteiger partial charge is 0.408 e. The molecule has 0 radical (unpaired) electrons. The number of halogens is 5. The summed E-state index contributed by atoms with van der Waals surface area (Å²) in [5.41, 5.74) is 1.29. The Morgan fingerprint density at radius 1 is 0.878 bits per heavy atom. The highest BCUT2D eigenvalue weighted by molar-refractivity contribution is 6.23. The molecule has 1 aliphatic carbocycles. The number of aliphatic hydroxyl groups is 1. The summed E-state index contributed by atoms with van der Waals surface area (Å²) in [5, 5.41) is 20.8. The molecular formula is C51H53F5N10O8. The lowest BCUT2D eigenvalue weighted by atomic mass is 9.89. The van der Waals surface area contributed by atoms with E-state index in [0.717, 1.165) is 62.1 Å². The zero-order valence-corrected chi connectivity index (χ0v) is 40.2. The van der Waals surface area contributed by atoms with Gasteiger partial charge >= 0.3 is 12.2 Å². The number of anilines is 1. The molecule has 1 spiro atoms. The molecule has 6 heterocycles. The van der Waals surface area contributed by atoms with Crippen LogP contribution in [0.5, 0.6) is 0 Å². The van der Waals surface area contributed by atoms with Gasteiger partial charge in [0.05, 0.1) is 17.3 Å². The van der Waals surface area contributed by atoms with Crippen molar-refractivity contribution in [3.05, 3.63) is 107 Å². The first-order chi connectivity index (χ1) is 35.3. The number of hydrogen-bond donors (Lipinski definition) is 3. The van der Waals surface area contributed by atoms with Gasteiger partial charge in [0.1, 0.15) is 42.7 Å². The smallest absolute Gasteiger partial charge is 0.371 e. The second-order valence-electron chi connectivity index (χ2n) is 20.0. The molecule has 0 saturated carbocycles. The molecule has 6 aliphatic rings. The number of likely N-dealkylation sites (tertiary alicyclic amines) is 1. The fourth-order valence-electron chi connectivity index (χ4n) is 11.2. The van der Waals surface area contributed by atoms with Gasteiger partial charge in [0.2, 0.25) is 23.6 Å². The molecule has 18 nitrogen and oxygen atoms in total. The number of carbonyl (C=O) groups excluding carboxylic acids is 7. The maximum absolute atomic E-state index is 16.0. The number of hydrogen-bond acceptors (Lipinski definition) is 11. The number of aromatic nitrogens is 2. The number of urea groups is 1. The first-order valence-electron chi connectivity index (χ1n) is 24.6. The van der Waals surface area contributed by atoms with Crippen LogP contribution in [0.3, 0.4) is 0 Å². The molecule has 2 unspecified atom stereocenters. The van der Waals surface area contributed by atoms with E-state index in [1.54, 1.807) is 42.7 Å². The monoisotopic (exact) mass is 1030 g/mol. The SMILES string of the molecule is C[C@H](N(Cc1ccc(F)cc1)C(=O)CN1C(=O)N[C@]2(C[C@@H](F)c3cc(-c4cnn(CC(=O)N5CCC(CN6CCN(c7ccc8c(c7)C(=O)N(C7CCC(=O)NC7=O)C8=O)CC6)CC5)c4)ccc32)C1O)C(F)(F)F. The minimum absolute atomic E-state index is 0.0281. The lowest BCUT2D eigenvalue weighted by Gasteiger charge is -2.39. The summed E-state index contributed by atoms with van der Waals surface area (Å²) in [4.78, 5) is 99.5. The number of fused-ring (bicyclic) bond motifs is 3. The molecule has 1 aromatic heterocycles. The van der Waals surface area contributed by atoms with E-state index in [9.17, 15) is 56.2 Å². The second-order valence-corrected chi connectivity index (χ2v) is 20.0. The number of aliphatic hydroxyl groups excluding tert-OH is 1. The number of amides is 8. The number of alkyl halides is 4. The summed E-state index contributed by atoms with van der Waals surface area (Å²) in [6, 6.07) is 10.2. The fraction of sp³-hybridized carbons (Fsp3) is 0.451. The molecular weight excluding hydrogens is 976 g/mol. The van der Waals surface area contributed by atoms with Crippen molar-refractivity contribution in [1.29, 1.82) is 0 Å². The summed E-state index contributed by atoms with van der Waals surface area (Å²) in [7, 11) is 0. The second kappa shape index (κ2) is 19.5. The van der Waals surface area contributed by atoms with E-state index in [2.05, 4.69) is 25.5 Å². The van der Waals surface area contributed by atoms with Crippen molar-refractivity contribution in [2.45, 2.75) is 88.3 Å². The maximum Gasteiger partial charge on any atom is 0.408 e. The van der Waals surface area contributed by atoms with Crippen LogP contribution in [-0.4, -0.2) is 158 Å². The first-order valence-corrected chi connectivity index (χ1v) is 24.6. The Balaban J connectivity index is 0.704. The van der Waals surface area contributed by atoms with Gasteiger partial charge in [0.15, 0.2) is 6.23 Å². The van der Waals surface area contributed by atoms with E-state index in [-0.39, 0.29) is 53.1 Å². The minimum Gasteiger partial charge on any atom is -0.371 e. The van der Waals surface area contributed by atoms with E-state index in [1.807, 2.05) is 11.0 Å². The number of imide groups is 2. The maximum atomic E-state index is 16.0. The highest BCUT2D eigenvalue weighted by atomic mass is 19.4. The molecule has 4 saturated heterocycles. The van der Waals surface area contributed by atoms with E-state index in [4.69, 9.17) is 0 Å². The first kappa shape index (κ1) is 50.3. The molecule has 23 heteroatoms. The van der Waals surface area contributed by atoms with Crippen molar-refractivity contribution >= 4 is 47.2 Å². The van der Waals surface area contributed by atoms with Gasteiger partial charge in [-0.05, 0) is 90.8 Å². The van der Waals surface area contributed by atoms with Crippen LogP contribution in [0.4, 0.5) is 32.4 Å². The third kappa shape index (κ3) is 9.46. The molecule has 8 amide bonds. The molecule has 5 atom stereocenters. The van der Waals surface area contributed by atoms with Gasteiger partial charge in [-0.1, -0.05) is 24.3 Å². The van der Waals surface area contributed by atoms with Crippen LogP contribution < -0.4 is 15.5 Å². The predicted molar refractivity (Wildman–Crippen MR) is 253 cm³/mol. The molecule has 4 fully saturated rings. The van der Waals surface area contributed by atoms with Crippen molar-refractivity contribution in [3.8, 4) is 11.1 Å².